The zero-order chi connectivity index (χ0) is 19.7. The number of hydrogen-bond donors (Lipinski definition) is 1. The van der Waals surface area contributed by atoms with Crippen LogP contribution in [0.4, 0.5) is 0 Å². The van der Waals surface area contributed by atoms with Crippen LogP contribution in [-0.2, 0) is 19.1 Å². The molecule has 2 rings (SSSR count). The lowest BCUT2D eigenvalue weighted by Crippen LogP contribution is -2.41. The van der Waals surface area contributed by atoms with Gasteiger partial charge in [-0.3, -0.25) is 14.9 Å². The van der Waals surface area contributed by atoms with Gasteiger partial charge in [0.05, 0.1) is 5.92 Å². The van der Waals surface area contributed by atoms with Crippen molar-refractivity contribution >= 4 is 11.9 Å². The third-order valence-electron chi connectivity index (χ3n) is 4.31. The first-order valence-corrected chi connectivity index (χ1v) is 9.16. The van der Waals surface area contributed by atoms with Crippen molar-refractivity contribution in [3.63, 3.8) is 0 Å². The molecule has 0 saturated carbocycles. The van der Waals surface area contributed by atoms with Crippen LogP contribution in [0.3, 0.4) is 0 Å². The number of hydrogen-bond acceptors (Lipinski definition) is 5. The molecule has 4 unspecified atom stereocenters. The number of ether oxygens (including phenoxy) is 2. The van der Waals surface area contributed by atoms with E-state index in [-0.39, 0.29) is 23.9 Å². The molecular weight excluding hydrogens is 330 g/mol. The molecule has 0 aromatic heterocycles. The Morgan fingerprint density at radius 1 is 0.885 bits per heavy atom. The van der Waals surface area contributed by atoms with Gasteiger partial charge in [-0.15, -0.1) is 0 Å². The largest absolute Gasteiger partial charge is 0.460 e. The summed E-state index contributed by atoms with van der Waals surface area (Å²) in [5.74, 6) is -1.34. The van der Waals surface area contributed by atoms with Crippen LogP contribution in [0.1, 0.15) is 60.1 Å². The van der Waals surface area contributed by atoms with Gasteiger partial charge >= 0.3 is 11.9 Å². The van der Waals surface area contributed by atoms with E-state index >= 15 is 0 Å². The predicted octanol–water partition coefficient (Wildman–Crippen LogP) is 3.64. The van der Waals surface area contributed by atoms with E-state index in [0.717, 1.165) is 5.56 Å². The van der Waals surface area contributed by atoms with Gasteiger partial charge in [0.1, 0.15) is 17.2 Å². The van der Waals surface area contributed by atoms with E-state index in [0.29, 0.717) is 0 Å². The molecule has 1 saturated heterocycles. The van der Waals surface area contributed by atoms with Crippen molar-refractivity contribution in [2.24, 2.45) is 11.8 Å². The molecule has 26 heavy (non-hydrogen) atoms. The Hall–Kier alpha value is -1.88. The summed E-state index contributed by atoms with van der Waals surface area (Å²) >= 11 is 0. The molecule has 1 heterocycles. The summed E-state index contributed by atoms with van der Waals surface area (Å²) in [6.45, 7) is 13.0. The number of carbonyl (C=O) groups is 2. The van der Waals surface area contributed by atoms with Crippen LogP contribution in [0.15, 0.2) is 30.3 Å². The zero-order valence-electron chi connectivity index (χ0n) is 16.8. The Morgan fingerprint density at radius 2 is 1.38 bits per heavy atom. The maximum atomic E-state index is 12.9. The summed E-state index contributed by atoms with van der Waals surface area (Å²) in [6.07, 6.45) is 0. The lowest BCUT2D eigenvalue weighted by molar-refractivity contribution is -0.162. The Labute approximate surface area is 156 Å². The standard InChI is InChI=1S/C21H31NO4/c1-13-15(18(23)25-20(2,3)4)17(14-11-9-8-10-12-14)22-16(13)19(24)26-21(5,6)7/h8-13,15-17,22H,1-7H3. The smallest absolute Gasteiger partial charge is 0.323 e. The first-order chi connectivity index (χ1) is 11.9. The molecule has 0 radical (unpaired) electrons. The summed E-state index contributed by atoms with van der Waals surface area (Å²) in [7, 11) is 0. The number of esters is 2. The molecule has 1 aliphatic heterocycles. The summed E-state index contributed by atoms with van der Waals surface area (Å²) < 4.78 is 11.2. The van der Waals surface area contributed by atoms with E-state index in [1.54, 1.807) is 0 Å². The van der Waals surface area contributed by atoms with Gasteiger partial charge in [0.15, 0.2) is 0 Å². The molecule has 4 atom stereocenters. The Kier molecular flexibility index (Phi) is 5.81. The SMILES string of the molecule is CC1C(C(=O)OC(C)(C)C)NC(c2ccccc2)C1C(=O)OC(C)(C)C. The van der Waals surface area contributed by atoms with Crippen molar-refractivity contribution in [3.05, 3.63) is 35.9 Å². The van der Waals surface area contributed by atoms with Gasteiger partial charge in [-0.1, -0.05) is 37.3 Å². The minimum absolute atomic E-state index is 0.245. The molecular formula is C21H31NO4. The normalized spacial score (nSPS) is 26.4. The number of benzene rings is 1. The molecule has 1 fully saturated rings. The van der Waals surface area contributed by atoms with Gasteiger partial charge in [-0.05, 0) is 53.0 Å². The van der Waals surface area contributed by atoms with Crippen LogP contribution in [0.2, 0.25) is 0 Å². The van der Waals surface area contributed by atoms with E-state index in [9.17, 15) is 9.59 Å². The molecule has 0 aliphatic carbocycles. The van der Waals surface area contributed by atoms with Crippen LogP contribution in [0.5, 0.6) is 0 Å². The van der Waals surface area contributed by atoms with E-state index < -0.39 is 23.2 Å². The molecule has 5 heteroatoms. The average molecular weight is 361 g/mol. The molecule has 0 spiro atoms. The predicted molar refractivity (Wildman–Crippen MR) is 100 cm³/mol. The second-order valence-corrected chi connectivity index (χ2v) is 8.98. The topological polar surface area (TPSA) is 64.6 Å². The van der Waals surface area contributed by atoms with E-state index in [2.05, 4.69) is 5.32 Å². The molecule has 1 aliphatic rings. The molecule has 1 aromatic rings. The van der Waals surface area contributed by atoms with Crippen LogP contribution in [0.25, 0.3) is 0 Å². The van der Waals surface area contributed by atoms with Crippen molar-refractivity contribution in [1.82, 2.24) is 5.32 Å². The van der Waals surface area contributed by atoms with Gasteiger partial charge in [-0.25, -0.2) is 0 Å². The lowest BCUT2D eigenvalue weighted by Gasteiger charge is -2.27. The van der Waals surface area contributed by atoms with Gasteiger partial charge in [0, 0.05) is 6.04 Å². The van der Waals surface area contributed by atoms with Crippen LogP contribution < -0.4 is 5.32 Å². The lowest BCUT2D eigenvalue weighted by atomic mass is 9.85. The van der Waals surface area contributed by atoms with Crippen molar-refractivity contribution in [3.8, 4) is 0 Å². The summed E-state index contributed by atoms with van der Waals surface area (Å²) in [6, 6.07) is 8.84. The highest BCUT2D eigenvalue weighted by atomic mass is 16.6. The Morgan fingerprint density at radius 3 is 1.88 bits per heavy atom. The van der Waals surface area contributed by atoms with Crippen molar-refractivity contribution in [2.45, 2.75) is 71.8 Å². The van der Waals surface area contributed by atoms with Crippen molar-refractivity contribution in [2.75, 3.05) is 0 Å². The summed E-state index contributed by atoms with van der Waals surface area (Å²) in [5.41, 5.74) is -0.200. The van der Waals surface area contributed by atoms with Crippen LogP contribution in [0, 0.1) is 11.8 Å². The molecule has 5 nitrogen and oxygen atoms in total. The second kappa shape index (κ2) is 7.39. The fourth-order valence-corrected chi connectivity index (χ4v) is 3.29. The van der Waals surface area contributed by atoms with E-state index in [4.69, 9.17) is 9.47 Å². The van der Waals surface area contributed by atoms with Gasteiger partial charge in [0.2, 0.25) is 0 Å². The quantitative estimate of drug-likeness (QED) is 0.833. The highest BCUT2D eigenvalue weighted by Crippen LogP contribution is 2.39. The Balaban J connectivity index is 2.32. The average Bonchev–Trinajstić information content (AvgIpc) is 2.82. The first kappa shape index (κ1) is 20.4. The maximum absolute atomic E-state index is 12.9. The minimum Gasteiger partial charge on any atom is -0.460 e. The highest BCUT2D eigenvalue weighted by Gasteiger charge is 2.50. The third kappa shape index (κ3) is 5.07. The van der Waals surface area contributed by atoms with Gasteiger partial charge < -0.3 is 9.47 Å². The monoisotopic (exact) mass is 361 g/mol. The third-order valence-corrected chi connectivity index (χ3v) is 4.31. The van der Waals surface area contributed by atoms with Gasteiger partial charge in [0.25, 0.3) is 0 Å². The molecule has 0 bridgehead atoms. The van der Waals surface area contributed by atoms with Crippen LogP contribution in [-0.4, -0.2) is 29.2 Å². The zero-order valence-corrected chi connectivity index (χ0v) is 16.8. The fourth-order valence-electron chi connectivity index (χ4n) is 3.29. The first-order valence-electron chi connectivity index (χ1n) is 9.16. The number of carbonyl (C=O) groups excluding carboxylic acids is 2. The van der Waals surface area contributed by atoms with E-state index in [1.807, 2.05) is 78.8 Å². The van der Waals surface area contributed by atoms with Gasteiger partial charge in [-0.2, -0.15) is 0 Å². The summed E-state index contributed by atoms with van der Waals surface area (Å²) in [5, 5.41) is 3.32. The molecule has 1 N–H and O–H groups in total. The summed E-state index contributed by atoms with van der Waals surface area (Å²) in [4.78, 5) is 25.6. The van der Waals surface area contributed by atoms with E-state index in [1.165, 1.54) is 0 Å². The van der Waals surface area contributed by atoms with Crippen molar-refractivity contribution < 1.29 is 19.1 Å². The maximum Gasteiger partial charge on any atom is 0.323 e. The van der Waals surface area contributed by atoms with Crippen LogP contribution >= 0.6 is 0 Å². The molecule has 144 valence electrons. The Bertz CT molecular complexity index is 642. The molecule has 1 aromatic carbocycles. The van der Waals surface area contributed by atoms with Crippen molar-refractivity contribution in [1.29, 1.82) is 0 Å². The number of nitrogens with one attached hydrogen (secondary N) is 1. The minimum atomic E-state index is -0.581. The molecule has 0 amide bonds. The number of rotatable bonds is 3. The highest BCUT2D eigenvalue weighted by molar-refractivity contribution is 5.81. The fraction of sp³-hybridized carbons (Fsp3) is 0.619. The second-order valence-electron chi connectivity index (χ2n) is 8.98.